The second-order valence-electron chi connectivity index (χ2n) is 6.53. The van der Waals surface area contributed by atoms with E-state index in [4.69, 9.17) is 0 Å². The lowest BCUT2D eigenvalue weighted by Gasteiger charge is -2.15. The van der Waals surface area contributed by atoms with Crippen molar-refractivity contribution in [2.75, 3.05) is 20.1 Å². The third-order valence-corrected chi connectivity index (χ3v) is 5.42. The van der Waals surface area contributed by atoms with E-state index in [-0.39, 0.29) is 29.9 Å². The van der Waals surface area contributed by atoms with Gasteiger partial charge in [0.1, 0.15) is 0 Å². The van der Waals surface area contributed by atoms with Gasteiger partial charge in [-0.1, -0.05) is 38.5 Å². The van der Waals surface area contributed by atoms with E-state index in [0.717, 1.165) is 37.5 Å². The van der Waals surface area contributed by atoms with E-state index in [2.05, 4.69) is 52.3 Å². The van der Waals surface area contributed by atoms with Crippen LogP contribution in [-0.4, -0.2) is 32.0 Å². The molecule has 0 radical (unpaired) electrons. The fourth-order valence-electron chi connectivity index (χ4n) is 2.58. The number of carbonyl (C=O) groups excluding carboxylic acids is 1. The summed E-state index contributed by atoms with van der Waals surface area (Å²) in [6.45, 7) is 6.53. The molecule has 0 fully saturated rings. The van der Waals surface area contributed by atoms with Crippen molar-refractivity contribution in [2.45, 2.75) is 39.2 Å². The molecule has 0 spiro atoms. The zero-order chi connectivity index (χ0) is 19.5. The summed E-state index contributed by atoms with van der Waals surface area (Å²) in [7, 11) is 1.77. The second kappa shape index (κ2) is 13.5. The SMILES string of the molecule is CCCCNC(=O)c1ccc(CNC(=NC)NCC(C)c2cccs2)cc1.I. The third-order valence-electron chi connectivity index (χ3n) is 4.32. The van der Waals surface area contributed by atoms with Crippen molar-refractivity contribution < 1.29 is 4.79 Å². The standard InChI is InChI=1S/C21H30N4OS.HI/c1-4-5-12-23-20(26)18-10-8-17(9-11-18)15-25-21(22-3)24-14-16(2)19-7-6-13-27-19;/h6-11,13,16H,4-5,12,14-15H2,1-3H3,(H,23,26)(H2,22,24,25);1H. The van der Waals surface area contributed by atoms with Gasteiger partial charge in [-0.05, 0) is 35.6 Å². The number of benzene rings is 1. The van der Waals surface area contributed by atoms with Gasteiger partial charge in [-0.2, -0.15) is 0 Å². The minimum absolute atomic E-state index is 0. The Morgan fingerprint density at radius 1 is 1.14 bits per heavy atom. The fraction of sp³-hybridized carbons (Fsp3) is 0.429. The zero-order valence-corrected chi connectivity index (χ0v) is 20.0. The summed E-state index contributed by atoms with van der Waals surface area (Å²) in [6.07, 6.45) is 2.08. The molecule has 1 amide bonds. The van der Waals surface area contributed by atoms with Gasteiger partial charge in [0.25, 0.3) is 5.91 Å². The van der Waals surface area contributed by atoms with Crippen LogP contribution < -0.4 is 16.0 Å². The summed E-state index contributed by atoms with van der Waals surface area (Å²) < 4.78 is 0. The van der Waals surface area contributed by atoms with Crippen molar-refractivity contribution >= 4 is 47.2 Å². The molecule has 28 heavy (non-hydrogen) atoms. The molecule has 2 aromatic rings. The van der Waals surface area contributed by atoms with Crippen LogP contribution >= 0.6 is 35.3 Å². The van der Waals surface area contributed by atoms with Crippen LogP contribution in [0.4, 0.5) is 0 Å². The van der Waals surface area contributed by atoms with Crippen molar-refractivity contribution in [2.24, 2.45) is 4.99 Å². The molecule has 0 bridgehead atoms. The predicted octanol–water partition coefficient (Wildman–Crippen LogP) is 4.36. The van der Waals surface area contributed by atoms with E-state index < -0.39 is 0 Å². The summed E-state index contributed by atoms with van der Waals surface area (Å²) in [5.74, 6) is 1.21. The van der Waals surface area contributed by atoms with Gasteiger partial charge in [0.15, 0.2) is 5.96 Å². The maximum atomic E-state index is 12.0. The third kappa shape index (κ3) is 8.18. The van der Waals surface area contributed by atoms with Gasteiger partial charge in [0.2, 0.25) is 0 Å². The fourth-order valence-corrected chi connectivity index (χ4v) is 3.37. The maximum Gasteiger partial charge on any atom is 0.251 e. The topological polar surface area (TPSA) is 65.5 Å². The Morgan fingerprint density at radius 3 is 2.50 bits per heavy atom. The molecule has 154 valence electrons. The molecule has 1 aromatic heterocycles. The number of halogens is 1. The number of hydrogen-bond acceptors (Lipinski definition) is 3. The number of aliphatic imine (C=N–C) groups is 1. The maximum absolute atomic E-state index is 12.0. The highest BCUT2D eigenvalue weighted by Crippen LogP contribution is 2.19. The summed E-state index contributed by atoms with van der Waals surface area (Å²) in [6, 6.07) is 11.9. The average molecular weight is 514 g/mol. The summed E-state index contributed by atoms with van der Waals surface area (Å²) in [5.41, 5.74) is 1.80. The van der Waals surface area contributed by atoms with Gasteiger partial charge >= 0.3 is 0 Å². The van der Waals surface area contributed by atoms with E-state index in [0.29, 0.717) is 18.0 Å². The Hall–Kier alpha value is -1.61. The molecule has 2 rings (SSSR count). The van der Waals surface area contributed by atoms with E-state index in [1.54, 1.807) is 18.4 Å². The molecule has 0 saturated carbocycles. The van der Waals surface area contributed by atoms with Crippen molar-refractivity contribution in [1.29, 1.82) is 0 Å². The first kappa shape index (κ1) is 24.4. The molecular weight excluding hydrogens is 483 g/mol. The van der Waals surface area contributed by atoms with Crippen LogP contribution in [0.1, 0.15) is 53.4 Å². The molecule has 0 saturated heterocycles. The van der Waals surface area contributed by atoms with Crippen molar-refractivity contribution in [3.05, 3.63) is 57.8 Å². The Labute approximate surface area is 189 Å². The summed E-state index contributed by atoms with van der Waals surface area (Å²) >= 11 is 1.78. The number of unbranched alkanes of at least 4 members (excludes halogenated alkanes) is 1. The van der Waals surface area contributed by atoms with Crippen LogP contribution in [0, 0.1) is 0 Å². The Balaban J connectivity index is 0.00000392. The quantitative estimate of drug-likeness (QED) is 0.202. The van der Waals surface area contributed by atoms with E-state index >= 15 is 0 Å². The lowest BCUT2D eigenvalue weighted by atomic mass is 10.1. The minimum Gasteiger partial charge on any atom is -0.356 e. The molecular formula is C21H31IN4OS. The molecule has 1 heterocycles. The number of rotatable bonds is 9. The van der Waals surface area contributed by atoms with Gasteiger partial charge in [0.05, 0.1) is 0 Å². The van der Waals surface area contributed by atoms with E-state index in [9.17, 15) is 4.79 Å². The first-order valence-electron chi connectivity index (χ1n) is 9.49. The van der Waals surface area contributed by atoms with Gasteiger partial charge in [-0.3, -0.25) is 9.79 Å². The van der Waals surface area contributed by atoms with Crippen LogP contribution in [-0.2, 0) is 6.54 Å². The van der Waals surface area contributed by atoms with Gasteiger partial charge in [-0.25, -0.2) is 0 Å². The Kier molecular flexibility index (Phi) is 11.8. The zero-order valence-electron chi connectivity index (χ0n) is 16.8. The normalized spacial score (nSPS) is 12.0. The number of hydrogen-bond donors (Lipinski definition) is 3. The average Bonchev–Trinajstić information content (AvgIpc) is 3.23. The highest BCUT2D eigenvalue weighted by atomic mass is 127. The second-order valence-corrected chi connectivity index (χ2v) is 7.51. The summed E-state index contributed by atoms with van der Waals surface area (Å²) in [4.78, 5) is 17.7. The molecule has 5 nitrogen and oxygen atoms in total. The van der Waals surface area contributed by atoms with Gasteiger partial charge in [0, 0.05) is 43.0 Å². The molecule has 0 aliphatic rings. The van der Waals surface area contributed by atoms with Crippen LogP contribution in [0.5, 0.6) is 0 Å². The largest absolute Gasteiger partial charge is 0.356 e. The first-order chi connectivity index (χ1) is 13.1. The Bertz CT molecular complexity index is 717. The molecule has 7 heteroatoms. The number of nitrogens with one attached hydrogen (secondary N) is 3. The van der Waals surface area contributed by atoms with Crippen molar-refractivity contribution in [3.8, 4) is 0 Å². The van der Waals surface area contributed by atoms with Crippen LogP contribution in [0.15, 0.2) is 46.8 Å². The number of guanidine groups is 1. The van der Waals surface area contributed by atoms with E-state index in [1.165, 1.54) is 4.88 Å². The molecule has 1 aromatic carbocycles. The van der Waals surface area contributed by atoms with E-state index in [1.807, 2.05) is 24.3 Å². The highest BCUT2D eigenvalue weighted by Gasteiger charge is 2.08. The molecule has 1 unspecified atom stereocenters. The number of thiophene rings is 1. The first-order valence-corrected chi connectivity index (χ1v) is 10.4. The molecule has 1 atom stereocenters. The smallest absolute Gasteiger partial charge is 0.251 e. The highest BCUT2D eigenvalue weighted by molar-refractivity contribution is 14.0. The minimum atomic E-state index is -0.0111. The Morgan fingerprint density at radius 2 is 1.89 bits per heavy atom. The van der Waals surface area contributed by atoms with Crippen molar-refractivity contribution in [1.82, 2.24) is 16.0 Å². The van der Waals surface area contributed by atoms with Gasteiger partial charge in [-0.15, -0.1) is 35.3 Å². The van der Waals surface area contributed by atoms with Gasteiger partial charge < -0.3 is 16.0 Å². The number of nitrogens with zero attached hydrogens (tertiary/aromatic N) is 1. The lowest BCUT2D eigenvalue weighted by Crippen LogP contribution is -2.38. The number of carbonyl (C=O) groups is 1. The van der Waals surface area contributed by atoms with Crippen LogP contribution in [0.2, 0.25) is 0 Å². The molecule has 0 aliphatic heterocycles. The van der Waals surface area contributed by atoms with Crippen LogP contribution in [0.25, 0.3) is 0 Å². The van der Waals surface area contributed by atoms with Crippen molar-refractivity contribution in [3.63, 3.8) is 0 Å². The number of amides is 1. The van der Waals surface area contributed by atoms with Crippen LogP contribution in [0.3, 0.4) is 0 Å². The monoisotopic (exact) mass is 514 g/mol. The summed E-state index contributed by atoms with van der Waals surface area (Å²) in [5, 5.41) is 11.7. The molecule has 3 N–H and O–H groups in total. The lowest BCUT2D eigenvalue weighted by molar-refractivity contribution is 0.0953. The predicted molar refractivity (Wildman–Crippen MR) is 130 cm³/mol. The molecule has 0 aliphatic carbocycles.